The maximum absolute atomic E-state index is 12.7. The minimum absolute atomic E-state index is 0.00384. The van der Waals surface area contributed by atoms with Gasteiger partial charge < -0.3 is 4.90 Å². The number of pyridine rings is 1. The number of nitrogens with zero attached hydrogens (tertiary/aromatic N) is 5. The Labute approximate surface area is 202 Å². The lowest BCUT2D eigenvalue weighted by atomic mass is 10.1. The summed E-state index contributed by atoms with van der Waals surface area (Å²) in [6, 6.07) is 15.8. The number of hydrogen-bond donors (Lipinski definition) is 1. The molecule has 9 heteroatoms. The van der Waals surface area contributed by atoms with E-state index in [1.54, 1.807) is 48.8 Å². The van der Waals surface area contributed by atoms with E-state index in [0.29, 0.717) is 12.2 Å². The highest BCUT2D eigenvalue weighted by Crippen LogP contribution is 2.30. The van der Waals surface area contributed by atoms with Gasteiger partial charge in [-0.2, -0.15) is 0 Å². The third-order valence-electron chi connectivity index (χ3n) is 5.91. The zero-order chi connectivity index (χ0) is 23.8. The minimum atomic E-state index is -3.71. The molecule has 2 aliphatic rings. The summed E-state index contributed by atoms with van der Waals surface area (Å²) in [6.07, 6.45) is 12.9. The average Bonchev–Trinajstić information content (AvgIpc) is 3.33. The quantitative estimate of drug-likeness (QED) is 0.456. The molecule has 6 rings (SSSR count). The smallest absolute Gasteiger partial charge is 0.261 e. The van der Waals surface area contributed by atoms with Gasteiger partial charge in [0.25, 0.3) is 10.0 Å². The van der Waals surface area contributed by atoms with E-state index in [0.717, 1.165) is 33.7 Å². The van der Waals surface area contributed by atoms with Gasteiger partial charge in [0.05, 0.1) is 52.3 Å². The molecule has 8 nitrogen and oxygen atoms in total. The van der Waals surface area contributed by atoms with Crippen LogP contribution in [0.4, 0.5) is 5.69 Å². The Bertz CT molecular complexity index is 1630. The summed E-state index contributed by atoms with van der Waals surface area (Å²) < 4.78 is 28.0. The van der Waals surface area contributed by atoms with Crippen LogP contribution in [0.15, 0.2) is 108 Å². The zero-order valence-corrected chi connectivity index (χ0v) is 19.3. The highest BCUT2D eigenvalue weighted by atomic mass is 32.2. The third kappa shape index (κ3) is 4.06. The van der Waals surface area contributed by atoms with Crippen LogP contribution >= 0.6 is 0 Å². The van der Waals surface area contributed by atoms with Gasteiger partial charge in [-0.05, 0) is 48.0 Å². The molecule has 4 heterocycles. The van der Waals surface area contributed by atoms with Crippen molar-refractivity contribution in [1.29, 1.82) is 0 Å². The molecular weight excluding hydrogens is 460 g/mol. The summed E-state index contributed by atoms with van der Waals surface area (Å²) in [5.74, 6) is 0.925. The first-order valence-electron chi connectivity index (χ1n) is 11.0. The number of aromatic nitrogens is 3. The molecule has 1 atom stereocenters. The summed E-state index contributed by atoms with van der Waals surface area (Å²) in [7, 11) is -3.71. The molecule has 0 radical (unpaired) electrons. The lowest BCUT2D eigenvalue weighted by Crippen LogP contribution is -2.26. The Morgan fingerprint density at radius 2 is 1.80 bits per heavy atom. The molecule has 4 aromatic rings. The number of rotatable bonds is 5. The molecule has 0 spiro atoms. The highest BCUT2D eigenvalue weighted by molar-refractivity contribution is 7.92. The number of anilines is 1. The van der Waals surface area contributed by atoms with Crippen LogP contribution in [0, 0.1) is 0 Å². The van der Waals surface area contributed by atoms with Gasteiger partial charge >= 0.3 is 0 Å². The van der Waals surface area contributed by atoms with E-state index < -0.39 is 10.0 Å². The number of hydrogen-bond acceptors (Lipinski definition) is 7. The molecule has 1 unspecified atom stereocenters. The number of aliphatic imine (C=N–C) groups is 1. The van der Waals surface area contributed by atoms with Crippen molar-refractivity contribution >= 4 is 32.6 Å². The van der Waals surface area contributed by atoms with Crippen molar-refractivity contribution < 1.29 is 8.42 Å². The van der Waals surface area contributed by atoms with E-state index in [1.165, 1.54) is 6.20 Å². The van der Waals surface area contributed by atoms with Gasteiger partial charge in [-0.3, -0.25) is 19.7 Å². The van der Waals surface area contributed by atoms with Crippen LogP contribution in [0.3, 0.4) is 0 Å². The van der Waals surface area contributed by atoms with Crippen LogP contribution in [0.25, 0.3) is 22.2 Å². The summed E-state index contributed by atoms with van der Waals surface area (Å²) in [5.41, 5.74) is 4.38. The van der Waals surface area contributed by atoms with Crippen LogP contribution in [0.5, 0.6) is 0 Å². The molecule has 2 aromatic heterocycles. The number of allylic oxidation sites excluding steroid dienone is 2. The second-order valence-corrected chi connectivity index (χ2v) is 9.88. The van der Waals surface area contributed by atoms with Crippen molar-refractivity contribution in [2.45, 2.75) is 10.9 Å². The standard InChI is InChI=1S/C26H20N6O2S/c33-35(34,21-6-2-1-3-7-21)31-20-12-19(14-27-15-20)18-9-10-22-23(13-18)30-24(16-28-22)25-17-29-26-8-4-5-11-32(25)26/h1-16,25,31H,17H2. The second-order valence-electron chi connectivity index (χ2n) is 8.20. The fourth-order valence-electron chi connectivity index (χ4n) is 4.18. The van der Waals surface area contributed by atoms with Crippen LogP contribution < -0.4 is 4.72 Å². The summed E-state index contributed by atoms with van der Waals surface area (Å²) in [6.45, 7) is 0.622. The Kier molecular flexibility index (Phi) is 5.11. The van der Waals surface area contributed by atoms with E-state index in [4.69, 9.17) is 4.98 Å². The number of benzene rings is 2. The maximum Gasteiger partial charge on any atom is 0.261 e. The van der Waals surface area contributed by atoms with Gasteiger partial charge in [0, 0.05) is 18.0 Å². The molecule has 35 heavy (non-hydrogen) atoms. The van der Waals surface area contributed by atoms with Gasteiger partial charge in [0.1, 0.15) is 5.84 Å². The van der Waals surface area contributed by atoms with Crippen LogP contribution in [-0.2, 0) is 10.0 Å². The monoisotopic (exact) mass is 480 g/mol. The molecule has 172 valence electrons. The second kappa shape index (κ2) is 8.44. The Morgan fingerprint density at radius 3 is 2.69 bits per heavy atom. The topological polar surface area (TPSA) is 100 Å². The Balaban J connectivity index is 1.30. The lowest BCUT2D eigenvalue weighted by Gasteiger charge is -2.24. The molecule has 2 aliphatic heterocycles. The first-order chi connectivity index (χ1) is 17.1. The molecular formula is C26H20N6O2S. The van der Waals surface area contributed by atoms with Crippen LogP contribution in [0.1, 0.15) is 11.7 Å². The fourth-order valence-corrected chi connectivity index (χ4v) is 5.24. The van der Waals surface area contributed by atoms with Gasteiger partial charge in [-0.25, -0.2) is 13.4 Å². The van der Waals surface area contributed by atoms with Gasteiger partial charge in [0.2, 0.25) is 0 Å². The van der Waals surface area contributed by atoms with Crippen molar-refractivity contribution in [3.63, 3.8) is 0 Å². The average molecular weight is 481 g/mol. The van der Waals surface area contributed by atoms with Gasteiger partial charge in [-0.15, -0.1) is 0 Å². The summed E-state index contributed by atoms with van der Waals surface area (Å²) >= 11 is 0. The zero-order valence-electron chi connectivity index (χ0n) is 18.5. The van der Waals surface area contributed by atoms with E-state index in [2.05, 4.69) is 24.6 Å². The predicted octanol–water partition coefficient (Wildman–Crippen LogP) is 4.33. The normalized spacial score (nSPS) is 16.9. The lowest BCUT2D eigenvalue weighted by molar-refractivity contribution is 0.447. The maximum atomic E-state index is 12.7. The summed E-state index contributed by atoms with van der Waals surface area (Å²) in [5, 5.41) is 0. The minimum Gasteiger partial charge on any atom is -0.322 e. The highest BCUT2D eigenvalue weighted by Gasteiger charge is 2.28. The van der Waals surface area contributed by atoms with E-state index in [9.17, 15) is 8.42 Å². The van der Waals surface area contributed by atoms with Crippen molar-refractivity contribution in [2.75, 3.05) is 11.3 Å². The van der Waals surface area contributed by atoms with Gasteiger partial charge in [0.15, 0.2) is 0 Å². The van der Waals surface area contributed by atoms with E-state index in [-0.39, 0.29) is 10.9 Å². The van der Waals surface area contributed by atoms with Crippen molar-refractivity contribution in [1.82, 2.24) is 19.9 Å². The van der Waals surface area contributed by atoms with Crippen molar-refractivity contribution in [3.05, 3.63) is 103 Å². The van der Waals surface area contributed by atoms with Crippen molar-refractivity contribution in [2.24, 2.45) is 4.99 Å². The van der Waals surface area contributed by atoms with E-state index in [1.807, 2.05) is 42.6 Å². The number of nitrogens with one attached hydrogen (secondary N) is 1. The Morgan fingerprint density at radius 1 is 0.914 bits per heavy atom. The Hall–Kier alpha value is -4.37. The fraction of sp³-hybridized carbons (Fsp3) is 0.0769. The first-order valence-corrected chi connectivity index (χ1v) is 12.5. The predicted molar refractivity (Wildman–Crippen MR) is 135 cm³/mol. The summed E-state index contributed by atoms with van der Waals surface area (Å²) in [4.78, 5) is 20.6. The number of sulfonamides is 1. The molecule has 2 aromatic carbocycles. The van der Waals surface area contributed by atoms with Crippen LogP contribution in [-0.4, -0.2) is 40.7 Å². The molecule has 0 amide bonds. The molecule has 0 fully saturated rings. The largest absolute Gasteiger partial charge is 0.322 e. The van der Waals surface area contributed by atoms with Crippen molar-refractivity contribution in [3.8, 4) is 11.1 Å². The first kappa shape index (κ1) is 21.2. The molecule has 1 N–H and O–H groups in total. The number of fused-ring (bicyclic) bond motifs is 2. The third-order valence-corrected chi connectivity index (χ3v) is 7.31. The van der Waals surface area contributed by atoms with Crippen LogP contribution in [0.2, 0.25) is 0 Å². The van der Waals surface area contributed by atoms with Gasteiger partial charge in [-0.1, -0.05) is 30.3 Å². The molecule has 0 saturated heterocycles. The molecule has 0 aliphatic carbocycles. The SMILES string of the molecule is O=S(=O)(Nc1cncc(-c2ccc3ncc(C4CN=C5C=CC=CN54)nc3c2)c1)c1ccccc1. The van der Waals surface area contributed by atoms with E-state index >= 15 is 0 Å². The molecule has 0 saturated carbocycles. The molecule has 0 bridgehead atoms. The number of amidine groups is 1.